The van der Waals surface area contributed by atoms with Crippen molar-refractivity contribution in [1.82, 2.24) is 0 Å². The lowest BCUT2D eigenvalue weighted by Crippen LogP contribution is -2.38. The molecular formula is C23H23FN2O5S2. The lowest BCUT2D eigenvalue weighted by Gasteiger charge is -2.24. The SMILES string of the molecule is COc1ccc(S(=O)(=O)N(CC(=O)Nc2cccc(SC)c2)c2ccc(F)cc2)cc1OC. The van der Waals surface area contributed by atoms with E-state index in [4.69, 9.17) is 9.47 Å². The molecule has 0 unspecified atom stereocenters. The summed E-state index contributed by atoms with van der Waals surface area (Å²) in [4.78, 5) is 13.7. The average molecular weight is 491 g/mol. The van der Waals surface area contributed by atoms with Gasteiger partial charge in [-0.3, -0.25) is 9.10 Å². The Labute approximate surface area is 196 Å². The predicted octanol–water partition coefficient (Wildman–Crippen LogP) is 4.40. The molecule has 0 aliphatic heterocycles. The molecule has 174 valence electrons. The molecule has 0 bridgehead atoms. The molecule has 10 heteroatoms. The molecule has 3 aromatic carbocycles. The fourth-order valence-corrected chi connectivity index (χ4v) is 4.95. The zero-order valence-electron chi connectivity index (χ0n) is 18.2. The topological polar surface area (TPSA) is 84.9 Å². The van der Waals surface area contributed by atoms with Crippen LogP contribution in [-0.2, 0) is 14.8 Å². The summed E-state index contributed by atoms with van der Waals surface area (Å²) in [6, 6.07) is 16.2. The minimum absolute atomic E-state index is 0.110. The van der Waals surface area contributed by atoms with Crippen LogP contribution >= 0.6 is 11.8 Å². The molecule has 0 radical (unpaired) electrons. The first-order chi connectivity index (χ1) is 15.8. The Morgan fingerprint density at radius 2 is 1.70 bits per heavy atom. The average Bonchev–Trinajstić information content (AvgIpc) is 2.82. The van der Waals surface area contributed by atoms with Crippen LogP contribution < -0.4 is 19.1 Å². The van der Waals surface area contributed by atoms with Gasteiger partial charge < -0.3 is 14.8 Å². The maximum absolute atomic E-state index is 13.5. The van der Waals surface area contributed by atoms with Crippen LogP contribution in [0.2, 0.25) is 0 Å². The molecular weight excluding hydrogens is 467 g/mol. The van der Waals surface area contributed by atoms with Gasteiger partial charge in [0.25, 0.3) is 10.0 Å². The third-order valence-corrected chi connectivity index (χ3v) is 7.19. The van der Waals surface area contributed by atoms with Gasteiger partial charge in [-0.25, -0.2) is 12.8 Å². The van der Waals surface area contributed by atoms with Crippen LogP contribution in [0.1, 0.15) is 0 Å². The fraction of sp³-hybridized carbons (Fsp3) is 0.174. The number of nitrogens with one attached hydrogen (secondary N) is 1. The number of hydrogen-bond donors (Lipinski definition) is 1. The lowest BCUT2D eigenvalue weighted by atomic mass is 10.3. The van der Waals surface area contributed by atoms with Crippen molar-refractivity contribution in [3.8, 4) is 11.5 Å². The van der Waals surface area contributed by atoms with Crippen molar-refractivity contribution in [3.63, 3.8) is 0 Å². The molecule has 3 rings (SSSR count). The van der Waals surface area contributed by atoms with Gasteiger partial charge in [0.05, 0.1) is 24.8 Å². The number of benzene rings is 3. The van der Waals surface area contributed by atoms with E-state index >= 15 is 0 Å². The summed E-state index contributed by atoms with van der Waals surface area (Å²) < 4.78 is 51.9. The fourth-order valence-electron chi connectivity index (χ4n) is 3.06. The van der Waals surface area contributed by atoms with E-state index in [-0.39, 0.29) is 16.3 Å². The van der Waals surface area contributed by atoms with Crippen molar-refractivity contribution in [3.05, 3.63) is 72.5 Å². The number of halogens is 1. The molecule has 0 spiro atoms. The minimum atomic E-state index is -4.21. The number of carbonyl (C=O) groups excluding carboxylic acids is 1. The molecule has 0 saturated carbocycles. The van der Waals surface area contributed by atoms with E-state index in [0.717, 1.165) is 21.3 Å². The van der Waals surface area contributed by atoms with Crippen molar-refractivity contribution in [2.45, 2.75) is 9.79 Å². The van der Waals surface area contributed by atoms with E-state index in [1.165, 1.54) is 56.3 Å². The number of nitrogens with zero attached hydrogens (tertiary/aromatic N) is 1. The number of carbonyl (C=O) groups is 1. The number of hydrogen-bond acceptors (Lipinski definition) is 6. The number of methoxy groups -OCH3 is 2. The second-order valence-electron chi connectivity index (χ2n) is 6.79. The third-order valence-electron chi connectivity index (χ3n) is 4.70. The Balaban J connectivity index is 1.97. The summed E-state index contributed by atoms with van der Waals surface area (Å²) in [7, 11) is -1.39. The van der Waals surface area contributed by atoms with Crippen LogP contribution in [-0.4, -0.2) is 41.3 Å². The van der Waals surface area contributed by atoms with E-state index in [1.807, 2.05) is 12.3 Å². The number of sulfonamides is 1. The molecule has 0 atom stereocenters. The van der Waals surface area contributed by atoms with Gasteiger partial charge >= 0.3 is 0 Å². The number of ether oxygens (including phenoxy) is 2. The van der Waals surface area contributed by atoms with Gasteiger partial charge in [-0.05, 0) is 60.9 Å². The molecule has 0 saturated heterocycles. The highest BCUT2D eigenvalue weighted by atomic mass is 32.2. The molecule has 0 aliphatic carbocycles. The summed E-state index contributed by atoms with van der Waals surface area (Å²) >= 11 is 1.51. The van der Waals surface area contributed by atoms with Gasteiger partial charge in [-0.2, -0.15) is 0 Å². The molecule has 0 fully saturated rings. The number of rotatable bonds is 9. The van der Waals surface area contributed by atoms with E-state index in [9.17, 15) is 17.6 Å². The Hall–Kier alpha value is -3.24. The second-order valence-corrected chi connectivity index (χ2v) is 9.53. The monoisotopic (exact) mass is 490 g/mol. The minimum Gasteiger partial charge on any atom is -0.493 e. The molecule has 0 heterocycles. The highest BCUT2D eigenvalue weighted by molar-refractivity contribution is 7.98. The summed E-state index contributed by atoms with van der Waals surface area (Å²) in [6.45, 7) is -0.522. The second kappa shape index (κ2) is 10.6. The van der Waals surface area contributed by atoms with E-state index in [1.54, 1.807) is 18.2 Å². The predicted molar refractivity (Wildman–Crippen MR) is 127 cm³/mol. The highest BCUT2D eigenvalue weighted by Crippen LogP contribution is 2.32. The van der Waals surface area contributed by atoms with Gasteiger partial charge in [-0.15, -0.1) is 11.8 Å². The lowest BCUT2D eigenvalue weighted by molar-refractivity contribution is -0.114. The summed E-state index contributed by atoms with van der Waals surface area (Å²) in [5.74, 6) is -0.505. The van der Waals surface area contributed by atoms with E-state index in [0.29, 0.717) is 11.4 Å². The third kappa shape index (κ3) is 5.77. The van der Waals surface area contributed by atoms with Crippen molar-refractivity contribution in [2.24, 2.45) is 0 Å². The van der Waals surface area contributed by atoms with Gasteiger partial charge in [0, 0.05) is 16.6 Å². The molecule has 0 aromatic heterocycles. The summed E-state index contributed by atoms with van der Waals surface area (Å²) in [5.41, 5.74) is 0.675. The van der Waals surface area contributed by atoms with E-state index in [2.05, 4.69) is 5.32 Å². The Morgan fingerprint density at radius 3 is 2.33 bits per heavy atom. The Morgan fingerprint density at radius 1 is 1.00 bits per heavy atom. The first-order valence-electron chi connectivity index (χ1n) is 9.72. The van der Waals surface area contributed by atoms with Crippen LogP contribution in [0.3, 0.4) is 0 Å². The van der Waals surface area contributed by atoms with Crippen LogP contribution in [0, 0.1) is 5.82 Å². The van der Waals surface area contributed by atoms with Crippen LogP contribution in [0.15, 0.2) is 76.5 Å². The largest absolute Gasteiger partial charge is 0.493 e. The summed E-state index contributed by atoms with van der Waals surface area (Å²) in [6.07, 6.45) is 1.91. The maximum Gasteiger partial charge on any atom is 0.264 e. The number of amides is 1. The molecule has 3 aromatic rings. The molecule has 1 N–H and O–H groups in total. The van der Waals surface area contributed by atoms with Crippen molar-refractivity contribution >= 4 is 39.1 Å². The summed E-state index contributed by atoms with van der Waals surface area (Å²) in [5, 5.41) is 2.72. The smallest absolute Gasteiger partial charge is 0.264 e. The number of anilines is 2. The van der Waals surface area contributed by atoms with Crippen molar-refractivity contribution < 1.29 is 27.1 Å². The Bertz CT molecular complexity index is 1230. The first kappa shape index (κ1) is 24.4. The standard InChI is InChI=1S/C23H23FN2O5S2/c1-30-21-12-11-20(14-22(21)31-2)33(28,29)26(18-9-7-16(24)8-10-18)15-23(27)25-17-5-4-6-19(13-17)32-3/h4-14H,15H2,1-3H3,(H,25,27). The van der Waals surface area contributed by atoms with Crippen LogP contribution in [0.4, 0.5) is 15.8 Å². The Kier molecular flexibility index (Phi) is 7.83. The zero-order chi connectivity index (χ0) is 24.0. The molecule has 33 heavy (non-hydrogen) atoms. The van der Waals surface area contributed by atoms with Crippen molar-refractivity contribution in [2.75, 3.05) is 36.6 Å². The van der Waals surface area contributed by atoms with Crippen LogP contribution in [0.25, 0.3) is 0 Å². The normalized spacial score (nSPS) is 11.0. The quantitative estimate of drug-likeness (QED) is 0.448. The number of thioether (sulfide) groups is 1. The van der Waals surface area contributed by atoms with Gasteiger partial charge in [0.2, 0.25) is 5.91 Å². The maximum atomic E-state index is 13.5. The van der Waals surface area contributed by atoms with Gasteiger partial charge in [0.1, 0.15) is 12.4 Å². The van der Waals surface area contributed by atoms with Crippen LogP contribution in [0.5, 0.6) is 11.5 Å². The zero-order valence-corrected chi connectivity index (χ0v) is 19.9. The van der Waals surface area contributed by atoms with Gasteiger partial charge in [-0.1, -0.05) is 6.07 Å². The van der Waals surface area contributed by atoms with Gasteiger partial charge in [0.15, 0.2) is 11.5 Å². The first-order valence-corrected chi connectivity index (χ1v) is 12.4. The van der Waals surface area contributed by atoms with E-state index < -0.39 is 28.3 Å². The molecule has 0 aliphatic rings. The molecule has 7 nitrogen and oxygen atoms in total. The van der Waals surface area contributed by atoms with Crippen molar-refractivity contribution in [1.29, 1.82) is 0 Å². The molecule has 1 amide bonds. The highest BCUT2D eigenvalue weighted by Gasteiger charge is 2.28.